The van der Waals surface area contributed by atoms with Crippen molar-refractivity contribution in [2.24, 2.45) is 16.8 Å². The fourth-order valence-corrected chi connectivity index (χ4v) is 5.99. The van der Waals surface area contributed by atoms with Crippen molar-refractivity contribution < 1.29 is 9.59 Å². The highest BCUT2D eigenvalue weighted by atomic mass is 32.2. The number of hydrogen-bond acceptors (Lipinski definition) is 5. The highest BCUT2D eigenvalue weighted by Gasteiger charge is 2.37. The lowest BCUT2D eigenvalue weighted by molar-refractivity contribution is -0.119. The summed E-state index contributed by atoms with van der Waals surface area (Å²) < 4.78 is 2.33. The van der Waals surface area contributed by atoms with E-state index in [0.29, 0.717) is 12.5 Å². The number of aldehydes is 1. The van der Waals surface area contributed by atoms with E-state index in [1.807, 2.05) is 7.05 Å². The van der Waals surface area contributed by atoms with Crippen LogP contribution in [0.15, 0.2) is 22.5 Å². The van der Waals surface area contributed by atoms with E-state index in [9.17, 15) is 9.59 Å². The van der Waals surface area contributed by atoms with Crippen molar-refractivity contribution in [2.75, 3.05) is 20.1 Å². The van der Waals surface area contributed by atoms with Crippen molar-refractivity contribution in [1.82, 2.24) is 14.9 Å². The Hall–Kier alpha value is -2.12. The molecule has 1 aliphatic heterocycles. The molecule has 0 aromatic heterocycles. The van der Waals surface area contributed by atoms with E-state index >= 15 is 0 Å². The van der Waals surface area contributed by atoms with Crippen molar-refractivity contribution in [3.8, 4) is 0 Å². The predicted molar refractivity (Wildman–Crippen MR) is 147 cm³/mol. The maximum absolute atomic E-state index is 12.2. The number of carbonyl (C=O) groups is 2. The van der Waals surface area contributed by atoms with Gasteiger partial charge in [-0.3, -0.25) is 9.79 Å². The molecule has 1 aromatic carbocycles. The highest BCUT2D eigenvalue weighted by Crippen LogP contribution is 2.31. The number of hydrogen-bond donors (Lipinski definition) is 2. The van der Waals surface area contributed by atoms with Gasteiger partial charge >= 0.3 is 0 Å². The Labute approximate surface area is 215 Å². The van der Waals surface area contributed by atoms with Crippen LogP contribution >= 0.6 is 11.9 Å². The Morgan fingerprint density at radius 3 is 2.34 bits per heavy atom. The van der Waals surface area contributed by atoms with Crippen LogP contribution in [0, 0.1) is 25.7 Å². The van der Waals surface area contributed by atoms with E-state index in [1.165, 1.54) is 36.5 Å². The number of nitrogens with one attached hydrogen (secondary N) is 2. The lowest BCUT2D eigenvalue weighted by Crippen LogP contribution is -2.56. The Kier molecular flexibility index (Phi) is 9.99. The molecule has 1 aromatic rings. The van der Waals surface area contributed by atoms with E-state index in [4.69, 9.17) is 0 Å². The number of carbonyl (C=O) groups excluding carboxylic acids is 2. The molecule has 7 heteroatoms. The molecule has 0 spiro atoms. The molecule has 35 heavy (non-hydrogen) atoms. The molecular formula is C28H42N4O2S. The third kappa shape index (κ3) is 7.68. The topological polar surface area (TPSA) is 73.8 Å². The van der Waals surface area contributed by atoms with Gasteiger partial charge in [0.1, 0.15) is 6.29 Å². The molecule has 0 atom stereocenters. The highest BCUT2D eigenvalue weighted by molar-refractivity contribution is 8.00. The second kappa shape index (κ2) is 12.7. The first-order chi connectivity index (χ1) is 16.7. The average Bonchev–Trinajstić information content (AvgIpc) is 2.84. The number of aliphatic imine (C=N–C) groups is 1. The summed E-state index contributed by atoms with van der Waals surface area (Å²) in [5.74, 6) is 2.27. The monoisotopic (exact) mass is 498 g/mol. The van der Waals surface area contributed by atoms with Crippen LogP contribution in [0.25, 0.3) is 6.08 Å². The number of rotatable bonds is 8. The lowest BCUT2D eigenvalue weighted by atomic mass is 9.81. The number of piperidine rings is 1. The third-order valence-corrected chi connectivity index (χ3v) is 8.42. The summed E-state index contributed by atoms with van der Waals surface area (Å²) in [5.41, 5.74) is 4.24. The second-order valence-corrected chi connectivity index (χ2v) is 11.4. The first-order valence-corrected chi connectivity index (χ1v) is 13.7. The number of benzene rings is 1. The van der Waals surface area contributed by atoms with Gasteiger partial charge in [0.15, 0.2) is 0 Å². The average molecular weight is 499 g/mol. The summed E-state index contributed by atoms with van der Waals surface area (Å²) in [7, 11) is 1.85. The normalized spacial score (nSPS) is 23.3. The quantitative estimate of drug-likeness (QED) is 0.227. The maximum atomic E-state index is 12.2. The van der Waals surface area contributed by atoms with E-state index in [2.05, 4.69) is 64.3 Å². The van der Waals surface area contributed by atoms with Crippen molar-refractivity contribution in [3.05, 3.63) is 39.8 Å². The maximum Gasteiger partial charge on any atom is 0.217 e. The van der Waals surface area contributed by atoms with Crippen molar-refractivity contribution in [2.45, 2.75) is 78.3 Å². The van der Waals surface area contributed by atoms with Crippen LogP contribution in [-0.4, -0.2) is 48.0 Å². The number of aryl methyl sites for hydroxylation is 2. The van der Waals surface area contributed by atoms with Crippen LogP contribution in [0.4, 0.5) is 0 Å². The largest absolute Gasteiger partial charge is 0.361 e. The minimum atomic E-state index is -0.504. The summed E-state index contributed by atoms with van der Waals surface area (Å²) in [6.45, 7) is 10.4. The zero-order valence-corrected chi connectivity index (χ0v) is 22.8. The summed E-state index contributed by atoms with van der Waals surface area (Å²) in [6.07, 6.45) is 9.68. The Morgan fingerprint density at radius 1 is 1.17 bits per heavy atom. The first-order valence-electron chi connectivity index (χ1n) is 12.9. The van der Waals surface area contributed by atoms with Crippen LogP contribution in [0.2, 0.25) is 0 Å². The Balaban J connectivity index is 1.54. The molecule has 1 saturated carbocycles. The van der Waals surface area contributed by atoms with Gasteiger partial charge in [0.05, 0.1) is 11.4 Å². The van der Waals surface area contributed by atoms with Crippen LogP contribution in [0.3, 0.4) is 0 Å². The van der Waals surface area contributed by atoms with Gasteiger partial charge in [-0.25, -0.2) is 4.31 Å². The van der Waals surface area contributed by atoms with Crippen LogP contribution in [-0.2, 0) is 16.1 Å². The predicted octanol–water partition coefficient (Wildman–Crippen LogP) is 5.04. The van der Waals surface area contributed by atoms with Gasteiger partial charge in [0.2, 0.25) is 5.91 Å². The first kappa shape index (κ1) is 27.5. The summed E-state index contributed by atoms with van der Waals surface area (Å²) >= 11 is 1.71. The standard InChI is InChI=1S/C28H42N4O2S/c1-20-6-8-25(9-7-20)27(29-5)31-28(19-33)11-13-32(14-12-28)35-15-10-26-21(2)16-24(17-22(26)3)18-30-23(4)34/h10,15-17,19-20,25H,6-9,11-14,18H2,1-5H3,(H,29,31)(H,30,34)/b15-10+. The van der Waals surface area contributed by atoms with Crippen molar-refractivity contribution in [1.29, 1.82) is 0 Å². The van der Waals surface area contributed by atoms with Crippen LogP contribution in [0.5, 0.6) is 0 Å². The lowest BCUT2D eigenvalue weighted by Gasteiger charge is -2.40. The van der Waals surface area contributed by atoms with E-state index in [1.54, 1.807) is 11.9 Å². The van der Waals surface area contributed by atoms with Gasteiger partial charge in [0, 0.05) is 39.5 Å². The van der Waals surface area contributed by atoms with Crippen molar-refractivity contribution >= 4 is 36.1 Å². The number of amides is 1. The second-order valence-electron chi connectivity index (χ2n) is 10.4. The summed E-state index contributed by atoms with van der Waals surface area (Å²) in [5, 5.41) is 8.60. The minimum absolute atomic E-state index is 0.0159. The Bertz CT molecular complexity index is 919. The molecule has 1 amide bonds. The number of amidine groups is 1. The molecule has 6 nitrogen and oxygen atoms in total. The Morgan fingerprint density at radius 2 is 1.80 bits per heavy atom. The smallest absolute Gasteiger partial charge is 0.217 e. The van der Waals surface area contributed by atoms with Gasteiger partial charge in [-0.2, -0.15) is 0 Å². The third-order valence-electron chi connectivity index (χ3n) is 7.50. The van der Waals surface area contributed by atoms with Gasteiger partial charge < -0.3 is 15.4 Å². The summed E-state index contributed by atoms with van der Waals surface area (Å²) in [4.78, 5) is 27.9. The SMILES string of the molecule is CN=C(NC1(C=O)CCN(S/C=C/c2c(C)cc(CNC(C)=O)cc2C)CC1)C1CCC(C)CC1. The van der Waals surface area contributed by atoms with Gasteiger partial charge in [-0.05, 0) is 79.2 Å². The fourth-order valence-electron chi connectivity index (χ4n) is 5.23. The van der Waals surface area contributed by atoms with Gasteiger partial charge in [0.25, 0.3) is 0 Å². The molecule has 1 saturated heterocycles. The zero-order valence-electron chi connectivity index (χ0n) is 22.0. The van der Waals surface area contributed by atoms with Crippen LogP contribution in [0.1, 0.15) is 74.6 Å². The molecular weight excluding hydrogens is 456 g/mol. The zero-order chi connectivity index (χ0) is 25.4. The van der Waals surface area contributed by atoms with E-state index in [-0.39, 0.29) is 5.91 Å². The van der Waals surface area contributed by atoms with E-state index in [0.717, 1.165) is 62.4 Å². The molecule has 1 aliphatic carbocycles. The molecule has 1 heterocycles. The molecule has 0 bridgehead atoms. The molecule has 0 unspecified atom stereocenters. The number of nitrogens with zero attached hydrogens (tertiary/aromatic N) is 2. The minimum Gasteiger partial charge on any atom is -0.361 e. The molecule has 2 aliphatic rings. The van der Waals surface area contributed by atoms with Gasteiger partial charge in [-0.1, -0.05) is 43.8 Å². The molecule has 2 fully saturated rings. The van der Waals surface area contributed by atoms with Crippen molar-refractivity contribution in [3.63, 3.8) is 0 Å². The molecule has 0 radical (unpaired) electrons. The van der Waals surface area contributed by atoms with E-state index < -0.39 is 5.54 Å². The van der Waals surface area contributed by atoms with Gasteiger partial charge in [-0.15, -0.1) is 0 Å². The summed E-state index contributed by atoms with van der Waals surface area (Å²) in [6, 6.07) is 4.27. The fraction of sp³-hybridized carbons (Fsp3) is 0.607. The molecule has 3 rings (SSSR count). The molecule has 192 valence electrons. The molecule has 2 N–H and O–H groups in total. The van der Waals surface area contributed by atoms with Crippen LogP contribution < -0.4 is 10.6 Å².